The molecule has 35 heavy (non-hydrogen) atoms. The van der Waals surface area contributed by atoms with Crippen molar-refractivity contribution in [1.82, 2.24) is 9.78 Å². The van der Waals surface area contributed by atoms with Crippen LogP contribution in [0.4, 0.5) is 11.4 Å². The smallest absolute Gasteiger partial charge is 0.265 e. The van der Waals surface area contributed by atoms with Gasteiger partial charge in [0.2, 0.25) is 0 Å². The summed E-state index contributed by atoms with van der Waals surface area (Å²) in [6.07, 6.45) is 3.12. The Balaban J connectivity index is 1.55. The van der Waals surface area contributed by atoms with Crippen molar-refractivity contribution >= 4 is 27.3 Å². The van der Waals surface area contributed by atoms with Crippen LogP contribution in [0.2, 0.25) is 0 Å². The summed E-state index contributed by atoms with van der Waals surface area (Å²) in [6.45, 7) is 4.19. The summed E-state index contributed by atoms with van der Waals surface area (Å²) in [6, 6.07) is 19.8. The highest BCUT2D eigenvalue weighted by Crippen LogP contribution is 2.31. The molecule has 1 amide bonds. The Morgan fingerprint density at radius 3 is 2.40 bits per heavy atom. The van der Waals surface area contributed by atoms with Crippen LogP contribution >= 0.6 is 0 Å². The van der Waals surface area contributed by atoms with Gasteiger partial charge in [-0.05, 0) is 48.7 Å². The number of nitrogens with one attached hydrogen (secondary N) is 2. The highest BCUT2D eigenvalue weighted by Gasteiger charge is 2.22. The zero-order valence-electron chi connectivity index (χ0n) is 19.6. The molecule has 9 heteroatoms. The highest BCUT2D eigenvalue weighted by atomic mass is 32.2. The lowest BCUT2D eigenvalue weighted by Crippen LogP contribution is -2.17. The molecule has 180 valence electrons. The number of aromatic nitrogens is 2. The number of methoxy groups -OCH3 is 1. The molecule has 1 heterocycles. The number of hydrogen-bond donors (Lipinski definition) is 2. The molecule has 4 rings (SSSR count). The second-order valence-corrected chi connectivity index (χ2v) is 9.76. The van der Waals surface area contributed by atoms with Crippen molar-refractivity contribution in [2.24, 2.45) is 0 Å². The first-order chi connectivity index (χ1) is 16.8. The van der Waals surface area contributed by atoms with Crippen LogP contribution in [0.3, 0.4) is 0 Å². The van der Waals surface area contributed by atoms with Crippen LogP contribution in [0.5, 0.6) is 5.75 Å². The molecular formula is C26H26N4O4S. The van der Waals surface area contributed by atoms with Gasteiger partial charge in [-0.3, -0.25) is 14.2 Å². The summed E-state index contributed by atoms with van der Waals surface area (Å²) in [5.74, 6) is -0.238. The number of amides is 1. The van der Waals surface area contributed by atoms with Gasteiger partial charge in [0.05, 0.1) is 31.1 Å². The predicted molar refractivity (Wildman–Crippen MR) is 135 cm³/mol. The van der Waals surface area contributed by atoms with Gasteiger partial charge in [-0.15, -0.1) is 0 Å². The number of hydrogen-bond acceptors (Lipinski definition) is 5. The lowest BCUT2D eigenvalue weighted by molar-refractivity contribution is 0.102. The van der Waals surface area contributed by atoms with Gasteiger partial charge in [-0.2, -0.15) is 5.10 Å². The van der Waals surface area contributed by atoms with E-state index in [1.165, 1.54) is 25.4 Å². The largest absolute Gasteiger partial charge is 0.495 e. The number of carbonyl (C=O) groups excluding carboxylic acids is 1. The number of ether oxygens (including phenoxy) is 1. The summed E-state index contributed by atoms with van der Waals surface area (Å²) >= 11 is 0. The zero-order valence-corrected chi connectivity index (χ0v) is 20.5. The predicted octanol–water partition coefficient (Wildman–Crippen LogP) is 4.61. The maximum atomic E-state index is 13.3. The van der Waals surface area contributed by atoms with Crippen LogP contribution in [-0.4, -0.2) is 31.2 Å². The van der Waals surface area contributed by atoms with Gasteiger partial charge in [-0.1, -0.05) is 48.5 Å². The first-order valence-corrected chi connectivity index (χ1v) is 12.4. The molecule has 0 saturated heterocycles. The van der Waals surface area contributed by atoms with Crippen LogP contribution in [-0.2, 0) is 16.6 Å². The van der Waals surface area contributed by atoms with E-state index in [9.17, 15) is 13.2 Å². The third-order valence-corrected chi connectivity index (χ3v) is 6.88. The maximum absolute atomic E-state index is 13.3. The van der Waals surface area contributed by atoms with Crippen molar-refractivity contribution in [1.29, 1.82) is 0 Å². The Kier molecular flexibility index (Phi) is 6.88. The molecule has 0 fully saturated rings. The monoisotopic (exact) mass is 490 g/mol. The van der Waals surface area contributed by atoms with Crippen molar-refractivity contribution in [3.63, 3.8) is 0 Å². The van der Waals surface area contributed by atoms with Gasteiger partial charge >= 0.3 is 0 Å². The molecule has 0 saturated carbocycles. The summed E-state index contributed by atoms with van der Waals surface area (Å²) < 4.78 is 36.1. The van der Waals surface area contributed by atoms with Gasteiger partial charge in [0.1, 0.15) is 10.6 Å². The number of para-hydroxylation sites is 1. The standard InChI is InChI=1S/C26H26N4O4S/c1-18-8-7-9-19(2)25(18)29-35(32,33)24-14-22(12-13-23(24)34-3)28-26(31)21-15-27-30(17-21)16-20-10-5-4-6-11-20/h4-15,17,29H,16H2,1-3H3,(H,28,31). The minimum Gasteiger partial charge on any atom is -0.495 e. The summed E-state index contributed by atoms with van der Waals surface area (Å²) in [7, 11) is -2.60. The van der Waals surface area contributed by atoms with E-state index < -0.39 is 15.9 Å². The van der Waals surface area contributed by atoms with E-state index in [0.29, 0.717) is 23.5 Å². The molecule has 0 spiro atoms. The van der Waals surface area contributed by atoms with Crippen molar-refractivity contribution in [2.75, 3.05) is 17.1 Å². The number of benzene rings is 3. The lowest BCUT2D eigenvalue weighted by Gasteiger charge is -2.16. The molecule has 0 aliphatic carbocycles. The molecule has 0 unspecified atom stereocenters. The Hall–Kier alpha value is -4.11. The quantitative estimate of drug-likeness (QED) is 0.376. The maximum Gasteiger partial charge on any atom is 0.265 e. The normalized spacial score (nSPS) is 11.2. The highest BCUT2D eigenvalue weighted by molar-refractivity contribution is 7.92. The lowest BCUT2D eigenvalue weighted by atomic mass is 10.1. The van der Waals surface area contributed by atoms with Crippen LogP contribution in [0.1, 0.15) is 27.0 Å². The van der Waals surface area contributed by atoms with E-state index >= 15 is 0 Å². The average Bonchev–Trinajstić information content (AvgIpc) is 3.31. The first-order valence-electron chi connectivity index (χ1n) is 10.9. The van der Waals surface area contributed by atoms with Crippen LogP contribution in [0.15, 0.2) is 84.0 Å². The molecular weight excluding hydrogens is 464 g/mol. The van der Waals surface area contributed by atoms with E-state index in [2.05, 4.69) is 15.1 Å². The minimum absolute atomic E-state index is 0.0831. The van der Waals surface area contributed by atoms with Gasteiger partial charge < -0.3 is 10.1 Å². The molecule has 2 N–H and O–H groups in total. The SMILES string of the molecule is COc1ccc(NC(=O)c2cnn(Cc3ccccc3)c2)cc1S(=O)(=O)Nc1c(C)cccc1C. The second kappa shape index (κ2) is 10.0. The van der Waals surface area contributed by atoms with Crippen molar-refractivity contribution in [3.05, 3.63) is 101 Å². The third kappa shape index (κ3) is 5.52. The van der Waals surface area contributed by atoms with Gasteiger partial charge in [0.25, 0.3) is 15.9 Å². The number of carbonyl (C=O) groups is 1. The minimum atomic E-state index is -4.00. The zero-order chi connectivity index (χ0) is 25.0. The number of aryl methyl sites for hydroxylation is 2. The fourth-order valence-electron chi connectivity index (χ4n) is 3.67. The second-order valence-electron chi connectivity index (χ2n) is 8.10. The van der Waals surface area contributed by atoms with Gasteiger partial charge in [-0.25, -0.2) is 8.42 Å². The molecule has 1 aromatic heterocycles. The Labute approximate surface area is 204 Å². The van der Waals surface area contributed by atoms with E-state index in [0.717, 1.165) is 16.7 Å². The molecule has 0 aliphatic rings. The van der Waals surface area contributed by atoms with Gasteiger partial charge in [0.15, 0.2) is 0 Å². The van der Waals surface area contributed by atoms with Crippen LogP contribution < -0.4 is 14.8 Å². The Morgan fingerprint density at radius 2 is 1.71 bits per heavy atom. The number of rotatable bonds is 8. The summed E-state index contributed by atoms with van der Waals surface area (Å²) in [5, 5.41) is 7.00. The molecule has 4 aromatic rings. The molecule has 0 atom stereocenters. The van der Waals surface area contributed by atoms with Crippen molar-refractivity contribution in [3.8, 4) is 5.75 Å². The summed E-state index contributed by atoms with van der Waals surface area (Å²) in [4.78, 5) is 12.7. The molecule has 8 nitrogen and oxygen atoms in total. The fraction of sp³-hybridized carbons (Fsp3) is 0.154. The molecule has 3 aromatic carbocycles. The van der Waals surface area contributed by atoms with E-state index in [4.69, 9.17) is 4.74 Å². The van der Waals surface area contributed by atoms with E-state index in [-0.39, 0.29) is 10.6 Å². The molecule has 0 bridgehead atoms. The van der Waals surface area contributed by atoms with Crippen LogP contribution in [0.25, 0.3) is 0 Å². The first kappa shape index (κ1) is 24.0. The van der Waals surface area contributed by atoms with Crippen molar-refractivity contribution in [2.45, 2.75) is 25.3 Å². The Morgan fingerprint density at radius 1 is 1.00 bits per heavy atom. The van der Waals surface area contributed by atoms with E-state index in [1.807, 2.05) is 62.4 Å². The van der Waals surface area contributed by atoms with E-state index in [1.54, 1.807) is 16.9 Å². The Bertz CT molecular complexity index is 1440. The summed E-state index contributed by atoms with van der Waals surface area (Å²) in [5.41, 5.74) is 3.83. The number of sulfonamides is 1. The fourth-order valence-corrected chi connectivity index (χ4v) is 5.07. The topological polar surface area (TPSA) is 102 Å². The molecule has 0 aliphatic heterocycles. The van der Waals surface area contributed by atoms with Gasteiger partial charge in [0, 0.05) is 11.9 Å². The van der Waals surface area contributed by atoms with Crippen molar-refractivity contribution < 1.29 is 17.9 Å². The third-order valence-electron chi connectivity index (χ3n) is 5.51. The van der Waals surface area contributed by atoms with Crippen LogP contribution in [0, 0.1) is 13.8 Å². The number of nitrogens with zero attached hydrogens (tertiary/aromatic N) is 2. The molecule has 0 radical (unpaired) electrons. The number of anilines is 2. The average molecular weight is 491 g/mol.